The molecule has 0 radical (unpaired) electrons. The number of carbonyl (C=O) groups excluding carboxylic acids is 1. The zero-order chi connectivity index (χ0) is 14.4. The van der Waals surface area contributed by atoms with Crippen LogP contribution in [0.4, 0.5) is 0 Å². The monoisotopic (exact) mass is 341 g/mol. The number of hydrogen-bond donors (Lipinski definition) is 2. The van der Waals surface area contributed by atoms with E-state index in [1.54, 1.807) is 12.4 Å². The third kappa shape index (κ3) is 5.64. The molecule has 0 fully saturated rings. The summed E-state index contributed by atoms with van der Waals surface area (Å²) in [6.45, 7) is 2.31. The lowest BCUT2D eigenvalue weighted by atomic mass is 9.94. The number of amides is 1. The maximum atomic E-state index is 12.1. The normalized spacial score (nSPS) is 12.3. The van der Waals surface area contributed by atoms with E-state index in [1.165, 1.54) is 0 Å². The fourth-order valence-electron chi connectivity index (χ4n) is 1.98. The highest BCUT2D eigenvalue weighted by molar-refractivity contribution is 5.85. The van der Waals surface area contributed by atoms with Crippen LogP contribution in [0, 0.1) is 5.92 Å². The first-order valence-corrected chi connectivity index (χ1v) is 6.65. The fourth-order valence-corrected chi connectivity index (χ4v) is 1.98. The van der Waals surface area contributed by atoms with Crippen molar-refractivity contribution >= 4 is 30.7 Å². The van der Waals surface area contributed by atoms with Gasteiger partial charge in [0.1, 0.15) is 0 Å². The molecule has 4 nitrogen and oxygen atoms in total. The first-order valence-electron chi connectivity index (χ1n) is 6.65. The van der Waals surface area contributed by atoms with E-state index in [0.717, 1.165) is 11.1 Å². The Bertz CT molecular complexity index is 552. The molecule has 1 aromatic carbocycles. The first-order chi connectivity index (χ1) is 9.68. The van der Waals surface area contributed by atoms with Gasteiger partial charge in [-0.2, -0.15) is 0 Å². The molecule has 120 valence electrons. The number of nitrogens with one attached hydrogen (secondary N) is 1. The molecule has 1 amide bonds. The highest BCUT2D eigenvalue weighted by Gasteiger charge is 2.21. The molecule has 0 aliphatic rings. The molecule has 2 atom stereocenters. The van der Waals surface area contributed by atoms with Gasteiger partial charge in [-0.1, -0.05) is 43.3 Å². The molecule has 0 aliphatic carbocycles. The van der Waals surface area contributed by atoms with Crippen molar-refractivity contribution in [1.82, 2.24) is 10.3 Å². The van der Waals surface area contributed by atoms with Gasteiger partial charge < -0.3 is 11.1 Å². The van der Waals surface area contributed by atoms with E-state index in [1.807, 2.05) is 49.4 Å². The van der Waals surface area contributed by atoms with Crippen LogP contribution in [-0.4, -0.2) is 10.9 Å². The molecule has 2 rings (SSSR count). The topological polar surface area (TPSA) is 68.0 Å². The molecule has 0 saturated heterocycles. The minimum Gasteiger partial charge on any atom is -0.352 e. The Morgan fingerprint density at radius 1 is 1.18 bits per heavy atom. The van der Waals surface area contributed by atoms with Gasteiger partial charge in [0.15, 0.2) is 0 Å². The van der Waals surface area contributed by atoms with Crippen LogP contribution in [0.2, 0.25) is 0 Å². The van der Waals surface area contributed by atoms with Crippen LogP contribution in [0.5, 0.6) is 0 Å². The zero-order valence-corrected chi connectivity index (χ0v) is 13.9. The SMILES string of the molecule is CC(C(=O)NCc1cccnc1)C(N)c1ccccc1.Cl.Cl. The third-order valence-corrected chi connectivity index (χ3v) is 3.33. The van der Waals surface area contributed by atoms with Gasteiger partial charge in [0.2, 0.25) is 5.91 Å². The predicted molar refractivity (Wildman–Crippen MR) is 93.1 cm³/mol. The maximum Gasteiger partial charge on any atom is 0.225 e. The molecule has 22 heavy (non-hydrogen) atoms. The van der Waals surface area contributed by atoms with E-state index in [-0.39, 0.29) is 42.7 Å². The quantitative estimate of drug-likeness (QED) is 0.878. The van der Waals surface area contributed by atoms with Gasteiger partial charge in [0.05, 0.1) is 5.92 Å². The van der Waals surface area contributed by atoms with Crippen LogP contribution < -0.4 is 11.1 Å². The molecule has 6 heteroatoms. The molecule has 0 saturated carbocycles. The average molecular weight is 342 g/mol. The Kier molecular flexibility index (Phi) is 9.42. The molecule has 2 unspecified atom stereocenters. The van der Waals surface area contributed by atoms with Crippen LogP contribution in [0.15, 0.2) is 54.9 Å². The van der Waals surface area contributed by atoms with Gasteiger partial charge in [-0.3, -0.25) is 9.78 Å². The highest BCUT2D eigenvalue weighted by Crippen LogP contribution is 2.19. The average Bonchev–Trinajstić information content (AvgIpc) is 2.53. The minimum absolute atomic E-state index is 0. The van der Waals surface area contributed by atoms with Gasteiger partial charge >= 0.3 is 0 Å². The lowest BCUT2D eigenvalue weighted by Crippen LogP contribution is -2.35. The number of nitrogens with two attached hydrogens (primary N) is 1. The van der Waals surface area contributed by atoms with Crippen molar-refractivity contribution in [2.45, 2.75) is 19.5 Å². The van der Waals surface area contributed by atoms with Crippen molar-refractivity contribution < 1.29 is 4.79 Å². The second kappa shape index (κ2) is 10.2. The molecule has 1 aromatic heterocycles. The van der Waals surface area contributed by atoms with Crippen LogP contribution in [0.3, 0.4) is 0 Å². The van der Waals surface area contributed by atoms with Gasteiger partial charge in [-0.15, -0.1) is 24.8 Å². The summed E-state index contributed by atoms with van der Waals surface area (Å²) in [6.07, 6.45) is 3.45. The Morgan fingerprint density at radius 2 is 1.86 bits per heavy atom. The van der Waals surface area contributed by atoms with Crippen LogP contribution in [0.1, 0.15) is 24.1 Å². The number of halogens is 2. The maximum absolute atomic E-state index is 12.1. The lowest BCUT2D eigenvalue weighted by Gasteiger charge is -2.19. The summed E-state index contributed by atoms with van der Waals surface area (Å²) in [5.74, 6) is -0.334. The Balaban J connectivity index is 0.00000220. The second-order valence-electron chi connectivity index (χ2n) is 4.80. The van der Waals surface area contributed by atoms with Crippen LogP contribution >= 0.6 is 24.8 Å². The molecule has 0 bridgehead atoms. The molecule has 0 spiro atoms. The van der Waals surface area contributed by atoms with Crippen molar-refractivity contribution in [1.29, 1.82) is 0 Å². The number of carbonyl (C=O) groups is 1. The van der Waals surface area contributed by atoms with E-state index >= 15 is 0 Å². The third-order valence-electron chi connectivity index (χ3n) is 3.33. The van der Waals surface area contributed by atoms with E-state index in [9.17, 15) is 4.79 Å². The molecule has 3 N–H and O–H groups in total. The summed E-state index contributed by atoms with van der Waals surface area (Å²) >= 11 is 0. The number of benzene rings is 1. The highest BCUT2D eigenvalue weighted by atomic mass is 35.5. The van der Waals surface area contributed by atoms with Crippen LogP contribution in [0.25, 0.3) is 0 Å². The van der Waals surface area contributed by atoms with Crippen molar-refractivity contribution in [3.63, 3.8) is 0 Å². The molecule has 0 aliphatic heterocycles. The van der Waals surface area contributed by atoms with Gasteiger partial charge in [-0.25, -0.2) is 0 Å². The van der Waals surface area contributed by atoms with E-state index in [2.05, 4.69) is 10.3 Å². The lowest BCUT2D eigenvalue weighted by molar-refractivity contribution is -0.125. The van der Waals surface area contributed by atoms with Gasteiger partial charge in [0.25, 0.3) is 0 Å². The summed E-state index contributed by atoms with van der Waals surface area (Å²) in [4.78, 5) is 16.1. The standard InChI is InChI=1S/C16H19N3O.2ClH/c1-12(15(17)14-7-3-2-4-8-14)16(20)19-11-13-6-5-9-18-10-13;;/h2-10,12,15H,11,17H2,1H3,(H,19,20);2*1H. The summed E-state index contributed by atoms with van der Waals surface area (Å²) < 4.78 is 0. The Morgan fingerprint density at radius 3 is 2.45 bits per heavy atom. The summed E-state index contributed by atoms with van der Waals surface area (Å²) in [5.41, 5.74) is 8.08. The van der Waals surface area contributed by atoms with Crippen molar-refractivity contribution in [3.8, 4) is 0 Å². The molecular formula is C16H21Cl2N3O. The smallest absolute Gasteiger partial charge is 0.225 e. The molecule has 2 aromatic rings. The van der Waals surface area contributed by atoms with Gasteiger partial charge in [0, 0.05) is 25.0 Å². The number of hydrogen-bond acceptors (Lipinski definition) is 3. The Labute approximate surface area is 143 Å². The van der Waals surface area contributed by atoms with Crippen molar-refractivity contribution in [3.05, 3.63) is 66.0 Å². The predicted octanol–water partition coefficient (Wildman–Crippen LogP) is 2.88. The number of rotatable bonds is 5. The molecular weight excluding hydrogens is 321 g/mol. The zero-order valence-electron chi connectivity index (χ0n) is 12.3. The molecule has 1 heterocycles. The minimum atomic E-state index is -0.301. The summed E-state index contributed by atoms with van der Waals surface area (Å²) in [5, 5.41) is 2.89. The Hall–Kier alpha value is -1.62. The second-order valence-corrected chi connectivity index (χ2v) is 4.80. The van der Waals surface area contributed by atoms with Crippen LogP contribution in [-0.2, 0) is 11.3 Å². The van der Waals surface area contributed by atoms with Crippen molar-refractivity contribution in [2.24, 2.45) is 11.7 Å². The van der Waals surface area contributed by atoms with E-state index in [0.29, 0.717) is 6.54 Å². The largest absolute Gasteiger partial charge is 0.352 e. The number of aromatic nitrogens is 1. The van der Waals surface area contributed by atoms with E-state index in [4.69, 9.17) is 5.73 Å². The van der Waals surface area contributed by atoms with Gasteiger partial charge in [-0.05, 0) is 17.2 Å². The summed E-state index contributed by atoms with van der Waals surface area (Å²) in [7, 11) is 0. The first kappa shape index (κ1) is 20.4. The fraction of sp³-hybridized carbons (Fsp3) is 0.250. The van der Waals surface area contributed by atoms with E-state index < -0.39 is 0 Å². The number of pyridine rings is 1. The number of nitrogens with zero attached hydrogens (tertiary/aromatic N) is 1. The van der Waals surface area contributed by atoms with Crippen molar-refractivity contribution in [2.75, 3.05) is 0 Å². The summed E-state index contributed by atoms with van der Waals surface area (Å²) in [6, 6.07) is 13.1.